The van der Waals surface area contributed by atoms with E-state index in [-0.39, 0.29) is 5.91 Å². The fourth-order valence-electron chi connectivity index (χ4n) is 2.63. The summed E-state index contributed by atoms with van der Waals surface area (Å²) >= 11 is 2.67. The summed E-state index contributed by atoms with van der Waals surface area (Å²) in [6.45, 7) is 4.17. The van der Waals surface area contributed by atoms with Gasteiger partial charge in [0, 0.05) is 34.4 Å². The van der Waals surface area contributed by atoms with E-state index in [0.717, 1.165) is 27.2 Å². The molecule has 0 radical (unpaired) electrons. The third-order valence-corrected chi connectivity index (χ3v) is 5.97. The Balaban J connectivity index is 1.60. The summed E-state index contributed by atoms with van der Waals surface area (Å²) in [5.41, 5.74) is 9.32. The van der Waals surface area contributed by atoms with Gasteiger partial charge in [0.25, 0.3) is 5.91 Å². The molecule has 0 saturated heterocycles. The first-order chi connectivity index (χ1) is 13.0. The van der Waals surface area contributed by atoms with Crippen molar-refractivity contribution in [3.63, 3.8) is 0 Å². The van der Waals surface area contributed by atoms with Gasteiger partial charge in [-0.3, -0.25) is 15.1 Å². The lowest BCUT2D eigenvalue weighted by molar-refractivity contribution is 0.103. The minimum absolute atomic E-state index is 0.270. The highest BCUT2D eigenvalue weighted by Gasteiger charge is 2.19. The van der Waals surface area contributed by atoms with Gasteiger partial charge in [-0.2, -0.15) is 0 Å². The van der Waals surface area contributed by atoms with Crippen LogP contribution in [0.2, 0.25) is 0 Å². The number of fused-ring (bicyclic) bond motifs is 1. The number of thiophene rings is 1. The highest BCUT2D eigenvalue weighted by atomic mass is 32.1. The normalized spacial score (nSPS) is 11.2. The molecule has 0 bridgehead atoms. The maximum absolute atomic E-state index is 12.7. The largest absolute Gasteiger partial charge is 0.397 e. The van der Waals surface area contributed by atoms with Gasteiger partial charge in [0.05, 0.1) is 11.4 Å². The second-order valence-electron chi connectivity index (χ2n) is 6.32. The van der Waals surface area contributed by atoms with Crippen LogP contribution in [0.1, 0.15) is 35.1 Å². The Morgan fingerprint density at radius 3 is 2.81 bits per heavy atom. The van der Waals surface area contributed by atoms with Crippen LogP contribution in [-0.4, -0.2) is 20.9 Å². The van der Waals surface area contributed by atoms with E-state index in [1.165, 1.54) is 22.7 Å². The predicted octanol–water partition coefficient (Wildman–Crippen LogP) is 4.77. The number of carbonyl (C=O) groups is 1. The number of nitrogens with zero attached hydrogens (tertiary/aromatic N) is 3. The Kier molecular flexibility index (Phi) is 4.59. The van der Waals surface area contributed by atoms with Crippen molar-refractivity contribution >= 4 is 49.6 Å². The number of aromatic nitrogens is 3. The summed E-state index contributed by atoms with van der Waals surface area (Å²) in [6, 6.07) is 7.67. The SMILES string of the molecule is CC(C)c1ccc2c(N)c(C(=O)Nc3nc(-c4cccnc4)cs3)sc2n1. The van der Waals surface area contributed by atoms with Crippen molar-refractivity contribution < 1.29 is 4.79 Å². The lowest BCUT2D eigenvalue weighted by Crippen LogP contribution is -2.11. The van der Waals surface area contributed by atoms with Gasteiger partial charge >= 0.3 is 0 Å². The molecule has 0 unspecified atom stereocenters. The monoisotopic (exact) mass is 395 g/mol. The Bertz CT molecular complexity index is 1120. The number of thiazole rings is 1. The average molecular weight is 396 g/mol. The van der Waals surface area contributed by atoms with E-state index in [9.17, 15) is 4.79 Å². The van der Waals surface area contributed by atoms with E-state index in [1.54, 1.807) is 12.4 Å². The first-order valence-electron chi connectivity index (χ1n) is 8.39. The molecule has 27 heavy (non-hydrogen) atoms. The summed E-state index contributed by atoms with van der Waals surface area (Å²) in [6.07, 6.45) is 3.45. The summed E-state index contributed by atoms with van der Waals surface area (Å²) < 4.78 is 0. The Morgan fingerprint density at radius 1 is 1.22 bits per heavy atom. The number of rotatable bonds is 4. The second kappa shape index (κ2) is 7.05. The molecule has 0 fully saturated rings. The quantitative estimate of drug-likeness (QED) is 0.519. The molecule has 0 saturated carbocycles. The molecule has 4 heterocycles. The molecule has 0 atom stereocenters. The van der Waals surface area contributed by atoms with Crippen LogP contribution >= 0.6 is 22.7 Å². The maximum Gasteiger partial charge on any atom is 0.269 e. The minimum atomic E-state index is -0.270. The van der Waals surface area contributed by atoms with Crippen LogP contribution < -0.4 is 11.1 Å². The summed E-state index contributed by atoms with van der Waals surface area (Å²) in [7, 11) is 0. The van der Waals surface area contributed by atoms with Crippen LogP contribution in [0.15, 0.2) is 42.0 Å². The van der Waals surface area contributed by atoms with E-state index in [1.807, 2.05) is 29.6 Å². The zero-order valence-electron chi connectivity index (χ0n) is 14.8. The van der Waals surface area contributed by atoms with E-state index in [0.29, 0.717) is 21.6 Å². The van der Waals surface area contributed by atoms with E-state index < -0.39 is 0 Å². The molecule has 6 nitrogen and oxygen atoms in total. The van der Waals surface area contributed by atoms with Crippen LogP contribution in [-0.2, 0) is 0 Å². The molecule has 136 valence electrons. The summed E-state index contributed by atoms with van der Waals surface area (Å²) in [5.74, 6) is 0.0462. The molecule has 4 aromatic heterocycles. The molecule has 0 aliphatic carbocycles. The van der Waals surface area contributed by atoms with Crippen molar-refractivity contribution in [1.82, 2.24) is 15.0 Å². The van der Waals surface area contributed by atoms with Gasteiger partial charge in [0.2, 0.25) is 0 Å². The van der Waals surface area contributed by atoms with Crippen molar-refractivity contribution in [2.75, 3.05) is 11.1 Å². The maximum atomic E-state index is 12.7. The summed E-state index contributed by atoms with van der Waals surface area (Å²) in [5, 5.41) is 6.05. The van der Waals surface area contributed by atoms with Gasteiger partial charge in [-0.25, -0.2) is 9.97 Å². The van der Waals surface area contributed by atoms with Gasteiger partial charge in [-0.05, 0) is 30.2 Å². The van der Waals surface area contributed by atoms with Crippen LogP contribution in [0.25, 0.3) is 21.5 Å². The Hall–Kier alpha value is -2.84. The fraction of sp³-hybridized carbons (Fsp3) is 0.158. The van der Waals surface area contributed by atoms with Crippen LogP contribution in [0, 0.1) is 0 Å². The highest BCUT2D eigenvalue weighted by molar-refractivity contribution is 7.21. The molecule has 0 aliphatic rings. The fourth-order valence-corrected chi connectivity index (χ4v) is 4.34. The van der Waals surface area contributed by atoms with Gasteiger partial charge in [-0.15, -0.1) is 22.7 Å². The molecule has 3 N–H and O–H groups in total. The number of nitrogens with two attached hydrogens (primary N) is 1. The number of hydrogen-bond acceptors (Lipinski definition) is 7. The Labute approximate surface area is 164 Å². The molecular formula is C19H17N5OS2. The number of anilines is 2. The zero-order valence-corrected chi connectivity index (χ0v) is 16.4. The highest BCUT2D eigenvalue weighted by Crippen LogP contribution is 2.34. The average Bonchev–Trinajstić information content (AvgIpc) is 3.27. The Morgan fingerprint density at radius 2 is 2.07 bits per heavy atom. The zero-order chi connectivity index (χ0) is 19.0. The van der Waals surface area contributed by atoms with E-state index in [2.05, 4.69) is 34.1 Å². The number of pyridine rings is 2. The van der Waals surface area contributed by atoms with Crippen LogP contribution in [0.5, 0.6) is 0 Å². The number of carbonyl (C=O) groups excluding carboxylic acids is 1. The summed E-state index contributed by atoms with van der Waals surface area (Å²) in [4.78, 5) is 27.1. The van der Waals surface area contributed by atoms with Crippen molar-refractivity contribution in [3.8, 4) is 11.3 Å². The molecule has 0 aliphatic heterocycles. The van der Waals surface area contributed by atoms with Crippen molar-refractivity contribution in [1.29, 1.82) is 0 Å². The molecule has 8 heteroatoms. The third kappa shape index (κ3) is 3.41. The molecule has 4 rings (SSSR count). The number of hydrogen-bond donors (Lipinski definition) is 2. The van der Waals surface area contributed by atoms with Gasteiger partial charge in [0.15, 0.2) is 5.13 Å². The number of nitrogens with one attached hydrogen (secondary N) is 1. The smallest absolute Gasteiger partial charge is 0.269 e. The van der Waals surface area contributed by atoms with E-state index >= 15 is 0 Å². The lowest BCUT2D eigenvalue weighted by atomic mass is 10.1. The van der Waals surface area contributed by atoms with Crippen molar-refractivity contribution in [2.24, 2.45) is 0 Å². The number of nitrogen functional groups attached to an aromatic ring is 1. The van der Waals surface area contributed by atoms with Crippen LogP contribution in [0.4, 0.5) is 10.8 Å². The van der Waals surface area contributed by atoms with Gasteiger partial charge in [0.1, 0.15) is 9.71 Å². The van der Waals surface area contributed by atoms with Gasteiger partial charge < -0.3 is 5.73 Å². The predicted molar refractivity (Wildman–Crippen MR) is 111 cm³/mol. The van der Waals surface area contributed by atoms with E-state index in [4.69, 9.17) is 5.73 Å². The lowest BCUT2D eigenvalue weighted by Gasteiger charge is -2.03. The standard InChI is InChI=1S/C19H17N5OS2/c1-10(2)13-6-5-12-15(20)16(27-18(12)22-13)17(25)24-19-23-14(9-26-19)11-4-3-7-21-8-11/h3-10H,20H2,1-2H3,(H,23,24,25). The molecule has 0 spiro atoms. The minimum Gasteiger partial charge on any atom is -0.397 e. The number of amides is 1. The first-order valence-corrected chi connectivity index (χ1v) is 10.1. The van der Waals surface area contributed by atoms with Gasteiger partial charge in [-0.1, -0.05) is 13.8 Å². The third-order valence-electron chi connectivity index (χ3n) is 4.10. The second-order valence-corrected chi connectivity index (χ2v) is 8.18. The molecule has 0 aromatic carbocycles. The topological polar surface area (TPSA) is 93.8 Å². The van der Waals surface area contributed by atoms with Crippen molar-refractivity contribution in [2.45, 2.75) is 19.8 Å². The first kappa shape index (κ1) is 17.6. The molecule has 1 amide bonds. The molecule has 4 aromatic rings. The molecular weight excluding hydrogens is 378 g/mol. The van der Waals surface area contributed by atoms with Crippen molar-refractivity contribution in [3.05, 3.63) is 52.6 Å². The van der Waals surface area contributed by atoms with Crippen LogP contribution in [0.3, 0.4) is 0 Å².